The van der Waals surface area contributed by atoms with Gasteiger partial charge in [0.2, 0.25) is 0 Å². The second kappa shape index (κ2) is 7.78. The number of hydrogen-bond acceptors (Lipinski definition) is 3. The lowest BCUT2D eigenvalue weighted by Crippen LogP contribution is -2.39. The number of amides is 1. The summed E-state index contributed by atoms with van der Waals surface area (Å²) in [6.07, 6.45) is 5.52. The maximum atomic E-state index is 13.0. The molecule has 1 aromatic carbocycles. The molecular weight excluding hydrogens is 319 g/mol. The number of benzene rings is 1. The Balaban J connectivity index is 1.45. The van der Waals surface area contributed by atoms with Gasteiger partial charge < -0.3 is 4.90 Å². The van der Waals surface area contributed by atoms with Crippen LogP contribution in [0.1, 0.15) is 28.8 Å². The van der Waals surface area contributed by atoms with Crippen LogP contribution in [0.15, 0.2) is 36.7 Å². The molecule has 6 heteroatoms. The number of halogens is 1. The van der Waals surface area contributed by atoms with E-state index in [1.807, 2.05) is 26.2 Å². The molecule has 1 saturated heterocycles. The molecule has 5 nitrogen and oxygen atoms in total. The summed E-state index contributed by atoms with van der Waals surface area (Å²) in [4.78, 5) is 16.6. The van der Waals surface area contributed by atoms with Crippen LogP contribution in [-0.2, 0) is 13.6 Å². The van der Waals surface area contributed by atoms with Crippen LogP contribution in [0.2, 0.25) is 0 Å². The number of hydrogen-bond donors (Lipinski definition) is 0. The molecule has 2 aromatic rings. The number of rotatable bonds is 5. The molecule has 1 aliphatic rings. The predicted molar refractivity (Wildman–Crippen MR) is 94.6 cm³/mol. The van der Waals surface area contributed by atoms with Gasteiger partial charge in [-0.25, -0.2) is 4.39 Å². The number of carbonyl (C=O) groups is 1. The molecule has 1 aromatic heterocycles. The highest BCUT2D eigenvalue weighted by Gasteiger charge is 2.23. The molecule has 0 unspecified atom stereocenters. The molecule has 0 N–H and O–H groups in total. The van der Waals surface area contributed by atoms with Gasteiger partial charge in [-0.15, -0.1) is 0 Å². The van der Waals surface area contributed by atoms with Crippen molar-refractivity contribution < 1.29 is 9.18 Å². The molecule has 0 atom stereocenters. The van der Waals surface area contributed by atoms with Crippen LogP contribution in [-0.4, -0.2) is 52.2 Å². The van der Waals surface area contributed by atoms with E-state index in [-0.39, 0.29) is 11.7 Å². The monoisotopic (exact) mass is 344 g/mol. The van der Waals surface area contributed by atoms with E-state index in [0.717, 1.165) is 44.6 Å². The maximum absolute atomic E-state index is 13.0. The summed E-state index contributed by atoms with van der Waals surface area (Å²) in [6.45, 7) is 3.66. The van der Waals surface area contributed by atoms with E-state index in [1.165, 1.54) is 12.1 Å². The van der Waals surface area contributed by atoms with E-state index in [0.29, 0.717) is 11.5 Å². The Morgan fingerprint density at radius 1 is 1.28 bits per heavy atom. The largest absolute Gasteiger partial charge is 0.341 e. The van der Waals surface area contributed by atoms with Gasteiger partial charge in [-0.3, -0.25) is 14.4 Å². The van der Waals surface area contributed by atoms with Crippen molar-refractivity contribution in [3.05, 3.63) is 53.6 Å². The van der Waals surface area contributed by atoms with E-state index < -0.39 is 0 Å². The van der Waals surface area contributed by atoms with Crippen molar-refractivity contribution in [2.45, 2.75) is 19.4 Å². The van der Waals surface area contributed by atoms with Crippen LogP contribution >= 0.6 is 0 Å². The summed E-state index contributed by atoms with van der Waals surface area (Å²) >= 11 is 0. The molecule has 3 rings (SSSR count). The van der Waals surface area contributed by atoms with E-state index >= 15 is 0 Å². The molecule has 0 bridgehead atoms. The van der Waals surface area contributed by atoms with E-state index in [4.69, 9.17) is 0 Å². The zero-order chi connectivity index (χ0) is 17.8. The fourth-order valence-electron chi connectivity index (χ4n) is 3.40. The third-order valence-electron chi connectivity index (χ3n) is 4.86. The molecule has 1 aliphatic heterocycles. The van der Waals surface area contributed by atoms with Crippen LogP contribution in [0, 0.1) is 11.7 Å². The topological polar surface area (TPSA) is 41.4 Å². The lowest BCUT2D eigenvalue weighted by Gasteiger charge is -2.33. The Bertz CT molecular complexity index is 704. The minimum Gasteiger partial charge on any atom is -0.341 e. The number of carbonyl (C=O) groups excluding carboxylic acids is 1. The predicted octanol–water partition coefficient (Wildman–Crippen LogP) is 2.54. The van der Waals surface area contributed by atoms with Gasteiger partial charge in [0.15, 0.2) is 0 Å². The Hall–Kier alpha value is -2.21. The molecule has 0 spiro atoms. The van der Waals surface area contributed by atoms with E-state index in [1.54, 1.807) is 22.0 Å². The van der Waals surface area contributed by atoms with Crippen molar-refractivity contribution in [1.29, 1.82) is 0 Å². The third kappa shape index (κ3) is 4.66. The summed E-state index contributed by atoms with van der Waals surface area (Å²) in [7, 11) is 3.67. The number of nitrogens with zero attached hydrogens (tertiary/aromatic N) is 4. The van der Waals surface area contributed by atoms with Crippen LogP contribution in [0.5, 0.6) is 0 Å². The van der Waals surface area contributed by atoms with E-state index in [9.17, 15) is 9.18 Å². The van der Waals surface area contributed by atoms with Crippen molar-refractivity contribution in [2.75, 3.05) is 26.7 Å². The first-order chi connectivity index (χ1) is 12.0. The van der Waals surface area contributed by atoms with Gasteiger partial charge in [0.1, 0.15) is 5.82 Å². The standard InChI is InChI=1S/C19H25FN4O/c1-22(19(25)17-11-21-23(2)14-17)12-16-7-9-24(10-8-16)13-15-3-5-18(20)6-4-15/h3-6,11,14,16H,7-10,12-13H2,1-2H3. The second-order valence-electron chi connectivity index (χ2n) is 6.93. The summed E-state index contributed by atoms with van der Waals surface area (Å²) in [5.74, 6) is 0.362. The first kappa shape index (κ1) is 17.6. The van der Waals surface area contributed by atoms with Crippen molar-refractivity contribution in [3.8, 4) is 0 Å². The maximum Gasteiger partial charge on any atom is 0.256 e. The first-order valence-electron chi connectivity index (χ1n) is 8.72. The van der Waals surface area contributed by atoms with Gasteiger partial charge in [-0.1, -0.05) is 12.1 Å². The Morgan fingerprint density at radius 2 is 1.96 bits per heavy atom. The molecule has 2 heterocycles. The van der Waals surface area contributed by atoms with Crippen LogP contribution < -0.4 is 0 Å². The minimum atomic E-state index is -0.191. The van der Waals surface area contributed by atoms with Crippen LogP contribution in [0.25, 0.3) is 0 Å². The highest BCUT2D eigenvalue weighted by atomic mass is 19.1. The Labute approximate surface area is 148 Å². The first-order valence-corrected chi connectivity index (χ1v) is 8.72. The molecule has 134 valence electrons. The molecule has 0 aliphatic carbocycles. The zero-order valence-corrected chi connectivity index (χ0v) is 14.9. The minimum absolute atomic E-state index is 0.0295. The average molecular weight is 344 g/mol. The summed E-state index contributed by atoms with van der Waals surface area (Å²) in [5.41, 5.74) is 1.78. The third-order valence-corrected chi connectivity index (χ3v) is 4.86. The summed E-state index contributed by atoms with van der Waals surface area (Å²) in [5, 5.41) is 4.06. The van der Waals surface area contributed by atoms with E-state index in [2.05, 4.69) is 10.00 Å². The summed E-state index contributed by atoms with van der Waals surface area (Å²) < 4.78 is 14.6. The van der Waals surface area contributed by atoms with Gasteiger partial charge in [0, 0.05) is 33.4 Å². The molecule has 1 fully saturated rings. The van der Waals surface area contributed by atoms with Crippen molar-refractivity contribution in [3.63, 3.8) is 0 Å². The van der Waals surface area contributed by atoms with Crippen LogP contribution in [0.3, 0.4) is 0 Å². The van der Waals surface area contributed by atoms with Gasteiger partial charge in [-0.2, -0.15) is 5.10 Å². The van der Waals surface area contributed by atoms with Gasteiger partial charge >= 0.3 is 0 Å². The Kier molecular flexibility index (Phi) is 5.48. The smallest absolute Gasteiger partial charge is 0.256 e. The lowest BCUT2D eigenvalue weighted by molar-refractivity contribution is 0.0737. The zero-order valence-electron chi connectivity index (χ0n) is 14.9. The Morgan fingerprint density at radius 3 is 2.56 bits per heavy atom. The fourth-order valence-corrected chi connectivity index (χ4v) is 3.40. The highest BCUT2D eigenvalue weighted by molar-refractivity contribution is 5.93. The van der Waals surface area contributed by atoms with Crippen LogP contribution in [0.4, 0.5) is 4.39 Å². The second-order valence-corrected chi connectivity index (χ2v) is 6.93. The fraction of sp³-hybridized carbons (Fsp3) is 0.474. The van der Waals surface area contributed by atoms with Gasteiger partial charge in [0.05, 0.1) is 11.8 Å². The molecule has 0 saturated carbocycles. The van der Waals surface area contributed by atoms with Crippen molar-refractivity contribution >= 4 is 5.91 Å². The average Bonchev–Trinajstić information content (AvgIpc) is 3.04. The van der Waals surface area contributed by atoms with Crippen molar-refractivity contribution in [2.24, 2.45) is 13.0 Å². The quantitative estimate of drug-likeness (QED) is 0.837. The molecular formula is C19H25FN4O. The number of likely N-dealkylation sites (tertiary alicyclic amines) is 1. The lowest BCUT2D eigenvalue weighted by atomic mass is 9.95. The van der Waals surface area contributed by atoms with Gasteiger partial charge in [-0.05, 0) is 49.5 Å². The SMILES string of the molecule is CN(CC1CCN(Cc2ccc(F)cc2)CC1)C(=O)c1cnn(C)c1. The molecule has 1 amide bonds. The highest BCUT2D eigenvalue weighted by Crippen LogP contribution is 2.20. The number of aromatic nitrogens is 2. The number of aryl methyl sites for hydroxylation is 1. The normalized spacial score (nSPS) is 16.1. The summed E-state index contributed by atoms with van der Waals surface area (Å²) in [6, 6.07) is 6.73. The molecule has 25 heavy (non-hydrogen) atoms. The molecule has 0 radical (unpaired) electrons. The van der Waals surface area contributed by atoms with Crippen molar-refractivity contribution in [1.82, 2.24) is 19.6 Å². The van der Waals surface area contributed by atoms with Gasteiger partial charge in [0.25, 0.3) is 5.91 Å². The number of piperidine rings is 1.